The molecule has 1 N–H and O–H groups in total. The molecule has 1 aliphatic rings. The number of nitrogens with zero attached hydrogens (tertiary/aromatic N) is 2. The Morgan fingerprint density at radius 1 is 1.43 bits per heavy atom. The second-order valence-electron chi connectivity index (χ2n) is 5.51. The van der Waals surface area contributed by atoms with Crippen LogP contribution in [0.3, 0.4) is 0 Å². The van der Waals surface area contributed by atoms with E-state index in [0.29, 0.717) is 19.8 Å². The maximum absolute atomic E-state index is 13.0. The first kappa shape index (κ1) is 15.4. The molecule has 7 heteroatoms. The second kappa shape index (κ2) is 6.29. The number of rotatable bonds is 4. The molecule has 3 heterocycles. The highest BCUT2D eigenvalue weighted by molar-refractivity contribution is 5.88. The minimum atomic E-state index is -1.30. The molecular weight excluding hydrogens is 303 g/mol. The Labute approximate surface area is 131 Å². The molecule has 1 atom stereocenters. The molecule has 1 saturated heterocycles. The van der Waals surface area contributed by atoms with E-state index in [1.165, 1.54) is 18.3 Å². The Morgan fingerprint density at radius 3 is 2.87 bits per heavy atom. The molecule has 0 spiro atoms. The van der Waals surface area contributed by atoms with Gasteiger partial charge in [-0.3, -0.25) is 9.78 Å². The monoisotopic (exact) mass is 318 g/mol. The van der Waals surface area contributed by atoms with E-state index in [9.17, 15) is 19.1 Å². The van der Waals surface area contributed by atoms with Crippen LogP contribution in [-0.2, 0) is 11.3 Å². The van der Waals surface area contributed by atoms with Gasteiger partial charge in [-0.15, -0.1) is 0 Å². The molecule has 120 valence electrons. The van der Waals surface area contributed by atoms with Gasteiger partial charge in [0.25, 0.3) is 0 Å². The molecule has 2 aromatic heterocycles. The zero-order chi connectivity index (χ0) is 16.4. The van der Waals surface area contributed by atoms with Crippen LogP contribution in [0.2, 0.25) is 0 Å². The van der Waals surface area contributed by atoms with Gasteiger partial charge in [0.15, 0.2) is 0 Å². The summed E-state index contributed by atoms with van der Waals surface area (Å²) < 4.78 is 20.0. The van der Waals surface area contributed by atoms with E-state index in [1.807, 2.05) is 0 Å². The molecule has 1 unspecified atom stereocenters. The summed E-state index contributed by atoms with van der Waals surface area (Å²) in [4.78, 5) is 27.5. The molecule has 0 amide bonds. The quantitative estimate of drug-likeness (QED) is 0.929. The fourth-order valence-corrected chi connectivity index (χ4v) is 2.63. The summed E-state index contributed by atoms with van der Waals surface area (Å²) in [6, 6.07) is 2.55. The Bertz CT molecular complexity index is 780. The lowest BCUT2D eigenvalue weighted by atomic mass is 10.1. The number of aromatic nitrogens is 2. The fourth-order valence-electron chi connectivity index (χ4n) is 2.63. The first-order valence-electron chi connectivity index (χ1n) is 7.21. The molecule has 0 aliphatic carbocycles. The van der Waals surface area contributed by atoms with Crippen molar-refractivity contribution in [1.29, 1.82) is 0 Å². The van der Waals surface area contributed by atoms with E-state index in [1.54, 1.807) is 10.8 Å². The average Bonchev–Trinajstić information content (AvgIpc) is 3.02. The topological polar surface area (TPSA) is 81.4 Å². The van der Waals surface area contributed by atoms with Crippen molar-refractivity contribution in [2.24, 2.45) is 5.92 Å². The van der Waals surface area contributed by atoms with Gasteiger partial charge in [0.05, 0.1) is 24.1 Å². The van der Waals surface area contributed by atoms with Gasteiger partial charge in [0.1, 0.15) is 11.4 Å². The van der Waals surface area contributed by atoms with Crippen LogP contribution >= 0.6 is 0 Å². The van der Waals surface area contributed by atoms with Gasteiger partial charge in [-0.25, -0.2) is 9.18 Å². The Hall–Kier alpha value is -2.54. The summed E-state index contributed by atoms with van der Waals surface area (Å²) >= 11 is 0. The van der Waals surface area contributed by atoms with Crippen LogP contribution in [0.25, 0.3) is 11.3 Å². The van der Waals surface area contributed by atoms with Crippen LogP contribution in [0.5, 0.6) is 0 Å². The molecular formula is C16H15FN2O4. The number of carboxylic acids is 1. The highest BCUT2D eigenvalue weighted by atomic mass is 19.1. The molecule has 0 aromatic carbocycles. The number of aromatic carboxylic acids is 1. The predicted octanol–water partition coefficient (Wildman–Crippen LogP) is 1.78. The van der Waals surface area contributed by atoms with Crippen LogP contribution in [-0.4, -0.2) is 33.8 Å². The minimum absolute atomic E-state index is 0.142. The highest BCUT2D eigenvalue weighted by Gasteiger charge is 2.19. The molecule has 0 saturated carbocycles. The Balaban J connectivity index is 2.05. The van der Waals surface area contributed by atoms with Crippen molar-refractivity contribution >= 4 is 5.97 Å². The van der Waals surface area contributed by atoms with Gasteiger partial charge in [0, 0.05) is 31.5 Å². The number of carbonyl (C=O) groups is 1. The number of pyridine rings is 2. The van der Waals surface area contributed by atoms with Crippen LogP contribution in [0, 0.1) is 11.7 Å². The van der Waals surface area contributed by atoms with Gasteiger partial charge in [-0.05, 0) is 18.6 Å². The zero-order valence-electron chi connectivity index (χ0n) is 12.2. The smallest absolute Gasteiger partial charge is 0.341 e. The van der Waals surface area contributed by atoms with Gasteiger partial charge >= 0.3 is 5.97 Å². The average molecular weight is 318 g/mol. The molecule has 0 bridgehead atoms. The summed E-state index contributed by atoms with van der Waals surface area (Å²) in [5.41, 5.74) is -0.567. The zero-order valence-corrected chi connectivity index (χ0v) is 12.2. The lowest BCUT2D eigenvalue weighted by Crippen LogP contribution is -2.22. The van der Waals surface area contributed by atoms with Crippen molar-refractivity contribution in [2.75, 3.05) is 13.2 Å². The van der Waals surface area contributed by atoms with E-state index in [2.05, 4.69) is 4.98 Å². The first-order valence-corrected chi connectivity index (χ1v) is 7.21. The summed E-state index contributed by atoms with van der Waals surface area (Å²) in [5.74, 6) is -1.55. The van der Waals surface area contributed by atoms with Crippen molar-refractivity contribution in [3.8, 4) is 11.3 Å². The molecule has 6 nitrogen and oxygen atoms in total. The maximum Gasteiger partial charge on any atom is 0.341 e. The third-order valence-corrected chi connectivity index (χ3v) is 3.81. The highest BCUT2D eigenvalue weighted by Crippen LogP contribution is 2.18. The largest absolute Gasteiger partial charge is 0.477 e. The summed E-state index contributed by atoms with van der Waals surface area (Å²) in [7, 11) is 0. The molecule has 0 radical (unpaired) electrons. The standard InChI is InChI=1S/C16H15FN2O4/c17-11-1-2-14(18-5-11)12-7-19(6-10-3-4-23-9-10)8-13(15(12)20)16(21)22/h1-2,5,7-8,10H,3-4,6,9H2,(H,21,22). The number of carboxylic acid groups (broad SMARTS) is 1. The summed E-state index contributed by atoms with van der Waals surface area (Å²) in [5, 5.41) is 9.25. The number of ether oxygens (including phenoxy) is 1. The van der Waals surface area contributed by atoms with E-state index < -0.39 is 17.2 Å². The SMILES string of the molecule is O=C(O)c1cn(CC2CCOC2)cc(-c2ccc(F)cn2)c1=O. The van der Waals surface area contributed by atoms with Crippen molar-refractivity contribution in [2.45, 2.75) is 13.0 Å². The van der Waals surface area contributed by atoms with Crippen molar-refractivity contribution in [3.05, 3.63) is 52.3 Å². The normalized spacial score (nSPS) is 17.3. The maximum atomic E-state index is 13.0. The third kappa shape index (κ3) is 3.29. The second-order valence-corrected chi connectivity index (χ2v) is 5.51. The number of hydrogen-bond acceptors (Lipinski definition) is 4. The third-order valence-electron chi connectivity index (χ3n) is 3.81. The van der Waals surface area contributed by atoms with Crippen molar-refractivity contribution in [3.63, 3.8) is 0 Å². The van der Waals surface area contributed by atoms with Gasteiger partial charge in [0.2, 0.25) is 5.43 Å². The molecule has 1 fully saturated rings. The molecule has 23 heavy (non-hydrogen) atoms. The summed E-state index contributed by atoms with van der Waals surface area (Å²) in [6.45, 7) is 1.84. The lowest BCUT2D eigenvalue weighted by Gasteiger charge is -2.13. The van der Waals surface area contributed by atoms with Gasteiger partial charge in [-0.1, -0.05) is 0 Å². The van der Waals surface area contributed by atoms with Crippen LogP contribution < -0.4 is 5.43 Å². The minimum Gasteiger partial charge on any atom is -0.477 e. The van der Waals surface area contributed by atoms with E-state index in [0.717, 1.165) is 12.6 Å². The van der Waals surface area contributed by atoms with Crippen LogP contribution in [0.15, 0.2) is 35.5 Å². The number of halogens is 1. The van der Waals surface area contributed by atoms with E-state index in [4.69, 9.17) is 4.74 Å². The summed E-state index contributed by atoms with van der Waals surface area (Å²) in [6.07, 6.45) is 4.78. The Morgan fingerprint density at radius 2 is 2.26 bits per heavy atom. The Kier molecular flexibility index (Phi) is 4.20. The van der Waals surface area contributed by atoms with E-state index >= 15 is 0 Å². The van der Waals surface area contributed by atoms with Gasteiger partial charge in [-0.2, -0.15) is 0 Å². The number of hydrogen-bond donors (Lipinski definition) is 1. The molecule has 2 aromatic rings. The fraction of sp³-hybridized carbons (Fsp3) is 0.312. The molecule has 3 rings (SSSR count). The van der Waals surface area contributed by atoms with Gasteiger partial charge < -0.3 is 14.4 Å². The van der Waals surface area contributed by atoms with Crippen LogP contribution in [0.4, 0.5) is 4.39 Å². The molecule has 1 aliphatic heterocycles. The predicted molar refractivity (Wildman–Crippen MR) is 79.8 cm³/mol. The first-order chi connectivity index (χ1) is 11.0. The van der Waals surface area contributed by atoms with Crippen molar-refractivity contribution < 1.29 is 19.0 Å². The van der Waals surface area contributed by atoms with E-state index in [-0.39, 0.29) is 22.7 Å². The van der Waals surface area contributed by atoms with Crippen LogP contribution in [0.1, 0.15) is 16.8 Å². The van der Waals surface area contributed by atoms with Crippen molar-refractivity contribution in [1.82, 2.24) is 9.55 Å². The lowest BCUT2D eigenvalue weighted by molar-refractivity contribution is 0.0694.